The van der Waals surface area contributed by atoms with Crippen LogP contribution in [0.15, 0.2) is 101 Å². The molecule has 0 spiro atoms. The minimum atomic E-state index is -1.41. The second kappa shape index (κ2) is 59.7. The smallest absolute Gasteiger partial charge is 0.243 e. The number of carbonyl (C=O) groups is 17. The lowest BCUT2D eigenvalue weighted by atomic mass is 9.99. The Morgan fingerprint density at radius 3 is 0.387 bits per heavy atom. The third-order valence-corrected chi connectivity index (χ3v) is 19.1. The molecule has 696 valence electrons. The lowest BCUT2D eigenvalue weighted by Gasteiger charge is -2.29. The monoisotopic (exact) mass is 1740 g/mol. The van der Waals surface area contributed by atoms with Gasteiger partial charge in [-0.15, -0.1) is 52.6 Å². The fourth-order valence-corrected chi connectivity index (χ4v) is 13.2. The number of hydrogen-bond donors (Lipinski definition) is 17. The summed E-state index contributed by atoms with van der Waals surface area (Å²) in [7, 11) is 0. The van der Waals surface area contributed by atoms with E-state index in [1.165, 1.54) is 55.5 Å². The molecule has 0 aromatic carbocycles. The first-order valence-corrected chi connectivity index (χ1v) is 43.1. The van der Waals surface area contributed by atoms with E-state index in [1.807, 2.05) is 41.5 Å². The first kappa shape index (κ1) is 113. The van der Waals surface area contributed by atoms with Crippen LogP contribution in [-0.4, -0.2) is 197 Å². The molecule has 16 atom stereocenters. The largest absolute Gasteiger partial charge is 0.368 e. The molecule has 0 radical (unpaired) electrons. The van der Waals surface area contributed by atoms with E-state index in [1.54, 1.807) is 69.2 Å². The molecule has 0 fully saturated rings. The Morgan fingerprint density at radius 2 is 0.282 bits per heavy atom. The second-order valence-electron chi connectivity index (χ2n) is 34.8. The lowest BCUT2D eigenvalue weighted by molar-refractivity contribution is -0.136. The van der Waals surface area contributed by atoms with Crippen LogP contribution in [0.5, 0.6) is 0 Å². The Hall–Kier alpha value is -11.1. The van der Waals surface area contributed by atoms with Crippen LogP contribution in [0, 0.1) is 47.3 Å². The average Bonchev–Trinajstić information content (AvgIpc) is 0.853. The maximum absolute atomic E-state index is 14.6. The Bertz CT molecular complexity index is 3610. The van der Waals surface area contributed by atoms with Gasteiger partial charge < -0.3 is 90.8 Å². The molecule has 0 saturated carbocycles. The molecule has 34 nitrogen and oxygen atoms in total. The number of hydrogen-bond acceptors (Lipinski definition) is 17. The van der Waals surface area contributed by atoms with Gasteiger partial charge in [-0.2, -0.15) is 0 Å². The van der Waals surface area contributed by atoms with E-state index in [0.29, 0.717) is 0 Å². The second-order valence-corrected chi connectivity index (χ2v) is 34.8. The zero-order valence-corrected chi connectivity index (χ0v) is 76.5. The number of carbonyl (C=O) groups excluding carboxylic acids is 17. The van der Waals surface area contributed by atoms with Crippen LogP contribution in [0.4, 0.5) is 0 Å². The number of amides is 17. The van der Waals surface area contributed by atoms with Gasteiger partial charge in [0.25, 0.3) is 0 Å². The van der Waals surface area contributed by atoms with E-state index in [4.69, 9.17) is 5.73 Å². The molecule has 0 aliphatic carbocycles. The van der Waals surface area contributed by atoms with Crippen molar-refractivity contribution in [1.82, 2.24) is 85.1 Å². The first-order chi connectivity index (χ1) is 58.1. The zero-order chi connectivity index (χ0) is 95.0. The van der Waals surface area contributed by atoms with Gasteiger partial charge in [-0.1, -0.05) is 159 Å². The van der Waals surface area contributed by atoms with Crippen LogP contribution >= 0.6 is 0 Å². The average molecular weight is 1740 g/mol. The molecular formula is C90H149N17O17. The Labute approximate surface area is 735 Å². The van der Waals surface area contributed by atoms with Crippen molar-refractivity contribution in [2.75, 3.05) is 0 Å². The van der Waals surface area contributed by atoms with Crippen LogP contribution in [0.25, 0.3) is 0 Å². The van der Waals surface area contributed by atoms with Gasteiger partial charge in [-0.3, -0.25) is 81.5 Å². The van der Waals surface area contributed by atoms with Gasteiger partial charge >= 0.3 is 0 Å². The van der Waals surface area contributed by atoms with Crippen molar-refractivity contribution in [3.8, 4) is 0 Å². The number of primary amides is 1. The first-order valence-electron chi connectivity index (χ1n) is 43.1. The molecule has 0 aliphatic rings. The van der Waals surface area contributed by atoms with E-state index in [9.17, 15) is 81.5 Å². The van der Waals surface area contributed by atoms with Crippen LogP contribution in [-0.2, 0) is 81.5 Å². The molecule has 18 N–H and O–H groups in total. The molecule has 0 rings (SSSR count). The predicted octanol–water partition coefficient (Wildman–Crippen LogP) is 4.23. The summed E-state index contributed by atoms with van der Waals surface area (Å²) in [6.45, 7) is 60.0. The van der Waals surface area contributed by atoms with E-state index >= 15 is 0 Å². The van der Waals surface area contributed by atoms with Crippen molar-refractivity contribution < 1.29 is 81.5 Å². The van der Waals surface area contributed by atoms with Crippen molar-refractivity contribution in [3.63, 3.8) is 0 Å². The van der Waals surface area contributed by atoms with Gasteiger partial charge in [0.05, 0.1) is 0 Å². The number of nitrogens with one attached hydrogen (secondary N) is 16. The molecule has 0 aliphatic heterocycles. The third-order valence-electron chi connectivity index (χ3n) is 19.1. The van der Waals surface area contributed by atoms with E-state index in [0.717, 1.165) is 0 Å². The summed E-state index contributed by atoms with van der Waals surface area (Å²) in [5.41, 5.74) is 5.58. The van der Waals surface area contributed by atoms with Crippen molar-refractivity contribution in [3.05, 3.63) is 101 Å². The van der Waals surface area contributed by atoms with E-state index < -0.39 is 197 Å². The quantitative estimate of drug-likeness (QED) is 0.0379. The Morgan fingerprint density at radius 1 is 0.185 bits per heavy atom. The van der Waals surface area contributed by atoms with Crippen LogP contribution in [0.2, 0.25) is 0 Å². The standard InChI is InChI=1S/C90H149N17O17/c1-26-34-59(92-58(25)108)76(110)101-68(43-51(11)12)84(118)94-61(36-28-3)78(112)103-70(45-53(15)16)86(120)96-63(38-30-5)80(114)105-72(47-55(19)20)88(122)98-65(40-32-7)82(116)107-74(49-57(23)24)90(124)99-66(41-33-8)83(117)106-73(48-56(21)22)89(123)97-64(39-31-6)81(115)104-71(46-54(17)18)87(121)95-62(37-29-4)79(113)102-69(44-52(13)14)85(119)93-60(35-27-2)77(111)100-67(75(91)109)42-50(9)10/h26-33,50-57,59-74H,1-8,34-49H2,9-25H3,(H2,91,109)(H,92,108)(H,93,119)(H,94,118)(H,95,121)(H,96,120)(H,97,123)(H,98,122)(H,99,124)(H,100,111)(H,101,110)(H,102,113)(H,103,112)(H,104,115)(H,105,114)(H,106,117)(H,107,116)/t59-,60-,61-,62-,63-,64-,65-,66-,67-,68-,69-,70-,71-,72-,73-,74-/m0/s1. The van der Waals surface area contributed by atoms with Crippen LogP contribution in [0.1, 0.15) is 220 Å². The third kappa shape index (κ3) is 44.8. The minimum Gasteiger partial charge on any atom is -0.368 e. The summed E-state index contributed by atoms with van der Waals surface area (Å²) in [5, 5.41) is 42.8. The molecule has 0 bridgehead atoms. The highest BCUT2D eigenvalue weighted by molar-refractivity contribution is 6.01. The van der Waals surface area contributed by atoms with Gasteiger partial charge in [-0.25, -0.2) is 0 Å². The van der Waals surface area contributed by atoms with Crippen molar-refractivity contribution in [2.45, 2.75) is 317 Å². The normalized spacial score (nSPS) is 15.1. The van der Waals surface area contributed by atoms with E-state index in [2.05, 4.69) is 138 Å². The molecular weight excluding hydrogens is 1590 g/mol. The fourth-order valence-electron chi connectivity index (χ4n) is 13.2. The zero-order valence-electron chi connectivity index (χ0n) is 76.5. The maximum atomic E-state index is 14.6. The Balaban J connectivity index is 6.97. The predicted molar refractivity (Wildman–Crippen MR) is 480 cm³/mol. The Kier molecular flexibility index (Phi) is 54.3. The molecule has 0 saturated heterocycles. The summed E-state index contributed by atoms with van der Waals surface area (Å²) in [4.78, 5) is 238. The summed E-state index contributed by atoms with van der Waals surface area (Å²) in [6, 6.07) is -20.6. The maximum Gasteiger partial charge on any atom is 0.243 e. The number of rotatable bonds is 64. The summed E-state index contributed by atoms with van der Waals surface area (Å²) in [5.74, 6) is -14.7. The molecule has 0 heterocycles. The van der Waals surface area contributed by atoms with Gasteiger partial charge in [0, 0.05) is 6.92 Å². The van der Waals surface area contributed by atoms with Gasteiger partial charge in [0.2, 0.25) is 100 Å². The molecule has 17 amide bonds. The van der Waals surface area contributed by atoms with Crippen LogP contribution in [0.3, 0.4) is 0 Å². The summed E-state index contributed by atoms with van der Waals surface area (Å²) < 4.78 is 0. The van der Waals surface area contributed by atoms with Gasteiger partial charge in [0.1, 0.15) is 96.7 Å². The van der Waals surface area contributed by atoms with Crippen molar-refractivity contribution in [1.29, 1.82) is 0 Å². The van der Waals surface area contributed by atoms with Crippen molar-refractivity contribution >= 4 is 100 Å². The molecule has 0 unspecified atom stereocenters. The number of nitrogens with two attached hydrogens (primary N) is 1. The highest BCUT2D eigenvalue weighted by atomic mass is 16.2. The molecule has 0 aromatic rings. The van der Waals surface area contributed by atoms with E-state index in [-0.39, 0.29) is 150 Å². The molecule has 124 heavy (non-hydrogen) atoms. The van der Waals surface area contributed by atoms with Crippen LogP contribution < -0.4 is 90.8 Å². The van der Waals surface area contributed by atoms with Gasteiger partial charge in [0.15, 0.2) is 0 Å². The van der Waals surface area contributed by atoms with Crippen molar-refractivity contribution in [2.24, 2.45) is 53.1 Å². The molecule has 0 aromatic heterocycles. The van der Waals surface area contributed by atoms with Gasteiger partial charge in [-0.05, 0) is 150 Å². The highest BCUT2D eigenvalue weighted by Crippen LogP contribution is 2.18. The fraction of sp³-hybridized carbons (Fsp3) is 0.633. The minimum absolute atomic E-state index is 0.00266. The molecule has 34 heteroatoms. The topological polar surface area (TPSA) is 509 Å². The lowest BCUT2D eigenvalue weighted by Crippen LogP contribution is -2.61. The summed E-state index contributed by atoms with van der Waals surface area (Å²) in [6.07, 6.45) is 10.7. The SMILES string of the molecule is C=CC[C@H](NC(C)=O)C(=O)N[C@@H](CC(C)C)C(=O)N[C@@H](CC=C)C(=O)N[C@@H](CC(C)C)C(=O)N[C@@H](CC=C)C(=O)N[C@@H](CC(C)C)C(=O)N[C@@H](CC=C)C(=O)N[C@@H](CC(C)C)C(=O)N[C@@H](CC=C)C(=O)N[C@@H](CC(C)C)C(=O)N[C@@H](CC=C)C(=O)N[C@@H](CC(C)C)C(=O)N[C@@H](CC=C)C(=O)N[C@@H](CC(C)C)C(=O)N[C@@H](CC=C)C(=O)N[C@@H](CC(C)C)C(N)=O. The summed E-state index contributed by atoms with van der Waals surface area (Å²) >= 11 is 0. The highest BCUT2D eigenvalue weighted by Gasteiger charge is 2.40.